The predicted molar refractivity (Wildman–Crippen MR) is 81.1 cm³/mol. The lowest BCUT2D eigenvalue weighted by Gasteiger charge is -2.10. The van der Waals surface area contributed by atoms with Gasteiger partial charge in [0.15, 0.2) is 0 Å². The lowest BCUT2D eigenvalue weighted by molar-refractivity contribution is -0.120. The van der Waals surface area contributed by atoms with Crippen LogP contribution in [0.15, 0.2) is 18.2 Å². The zero-order valence-corrected chi connectivity index (χ0v) is 12.6. The molecule has 3 rings (SSSR count). The van der Waals surface area contributed by atoms with Gasteiger partial charge in [0.05, 0.1) is 23.6 Å². The number of rotatable bonds is 4. The van der Waals surface area contributed by atoms with Crippen molar-refractivity contribution in [2.75, 3.05) is 13.2 Å². The van der Waals surface area contributed by atoms with Crippen LogP contribution in [0, 0.1) is 6.92 Å². The van der Waals surface area contributed by atoms with Gasteiger partial charge in [0, 0.05) is 20.2 Å². The van der Waals surface area contributed by atoms with Crippen molar-refractivity contribution in [2.45, 2.75) is 32.3 Å². The summed E-state index contributed by atoms with van der Waals surface area (Å²) in [6.45, 7) is 3.41. The summed E-state index contributed by atoms with van der Waals surface area (Å²) in [5.41, 5.74) is 3.03. The van der Waals surface area contributed by atoms with Crippen molar-refractivity contribution < 1.29 is 9.53 Å². The molecule has 1 fully saturated rings. The van der Waals surface area contributed by atoms with E-state index in [0.717, 1.165) is 41.9 Å². The van der Waals surface area contributed by atoms with Crippen molar-refractivity contribution >= 4 is 16.9 Å². The number of aromatic nitrogens is 2. The zero-order chi connectivity index (χ0) is 14.8. The summed E-state index contributed by atoms with van der Waals surface area (Å²) in [6.07, 6.45) is 2.71. The van der Waals surface area contributed by atoms with Crippen LogP contribution in [0.2, 0.25) is 0 Å². The average Bonchev–Trinajstić information content (AvgIpc) is 3.06. The highest BCUT2D eigenvalue weighted by molar-refractivity contribution is 5.82. The Bertz CT molecular complexity index is 657. The van der Waals surface area contributed by atoms with Crippen LogP contribution in [0.1, 0.15) is 24.2 Å². The van der Waals surface area contributed by atoms with Gasteiger partial charge in [-0.15, -0.1) is 0 Å². The van der Waals surface area contributed by atoms with Gasteiger partial charge in [-0.2, -0.15) is 0 Å². The summed E-state index contributed by atoms with van der Waals surface area (Å²) >= 11 is 0. The Morgan fingerprint density at radius 1 is 1.52 bits per heavy atom. The molecule has 5 heteroatoms. The third kappa shape index (κ3) is 3.08. The molecule has 0 aliphatic carbocycles. The number of amides is 1. The molecule has 1 aromatic carbocycles. The summed E-state index contributed by atoms with van der Waals surface area (Å²) in [5.74, 6) is 1.02. The summed E-state index contributed by atoms with van der Waals surface area (Å²) < 4.78 is 7.55. The number of hydrogen-bond donors (Lipinski definition) is 1. The van der Waals surface area contributed by atoms with Crippen LogP contribution in [-0.4, -0.2) is 34.7 Å². The van der Waals surface area contributed by atoms with Crippen LogP contribution in [0.25, 0.3) is 11.0 Å². The van der Waals surface area contributed by atoms with Gasteiger partial charge < -0.3 is 14.6 Å². The van der Waals surface area contributed by atoms with E-state index in [2.05, 4.69) is 14.9 Å². The number of hydrogen-bond acceptors (Lipinski definition) is 3. The van der Waals surface area contributed by atoms with E-state index >= 15 is 0 Å². The van der Waals surface area contributed by atoms with Crippen LogP contribution in [0.4, 0.5) is 0 Å². The molecule has 0 saturated carbocycles. The van der Waals surface area contributed by atoms with Crippen LogP contribution in [-0.2, 0) is 23.0 Å². The molecule has 0 spiro atoms. The minimum absolute atomic E-state index is 0.0394. The fourth-order valence-electron chi connectivity index (χ4n) is 2.76. The van der Waals surface area contributed by atoms with Crippen LogP contribution in [0.3, 0.4) is 0 Å². The Morgan fingerprint density at radius 2 is 2.38 bits per heavy atom. The van der Waals surface area contributed by atoms with Gasteiger partial charge in [0.1, 0.15) is 5.82 Å². The molecular formula is C16H21N3O2. The van der Waals surface area contributed by atoms with Gasteiger partial charge >= 0.3 is 0 Å². The smallest absolute Gasteiger partial charge is 0.224 e. The lowest BCUT2D eigenvalue weighted by Crippen LogP contribution is -2.32. The second-order valence-corrected chi connectivity index (χ2v) is 5.66. The van der Waals surface area contributed by atoms with Crippen molar-refractivity contribution in [1.82, 2.24) is 14.9 Å². The fourth-order valence-corrected chi connectivity index (χ4v) is 2.76. The van der Waals surface area contributed by atoms with Crippen LogP contribution in [0.5, 0.6) is 0 Å². The molecule has 1 amide bonds. The van der Waals surface area contributed by atoms with Gasteiger partial charge in [-0.25, -0.2) is 4.98 Å². The van der Waals surface area contributed by atoms with E-state index in [4.69, 9.17) is 4.74 Å². The lowest BCUT2D eigenvalue weighted by atomic mass is 10.1. The first-order valence-corrected chi connectivity index (χ1v) is 7.44. The molecule has 1 atom stereocenters. The fraction of sp³-hybridized carbons (Fsp3) is 0.500. The highest BCUT2D eigenvalue weighted by Crippen LogP contribution is 2.17. The molecule has 1 unspecified atom stereocenters. The zero-order valence-electron chi connectivity index (χ0n) is 12.6. The summed E-state index contributed by atoms with van der Waals surface area (Å²) in [5, 5.41) is 2.95. The van der Waals surface area contributed by atoms with Crippen molar-refractivity contribution in [3.63, 3.8) is 0 Å². The Kier molecular flexibility index (Phi) is 3.92. The predicted octanol–water partition coefficient (Wildman–Crippen LogP) is 1.72. The van der Waals surface area contributed by atoms with E-state index in [1.54, 1.807) is 0 Å². The van der Waals surface area contributed by atoms with Crippen molar-refractivity contribution in [1.29, 1.82) is 0 Å². The number of imidazole rings is 1. The molecule has 2 aromatic rings. The SMILES string of the molecule is Cc1nc2cc(CC(=O)NCC3CCCO3)ccc2n1C. The molecule has 112 valence electrons. The van der Waals surface area contributed by atoms with Gasteiger partial charge in [0.2, 0.25) is 5.91 Å². The molecule has 5 nitrogen and oxygen atoms in total. The Hall–Kier alpha value is -1.88. The number of carbonyl (C=O) groups is 1. The first-order chi connectivity index (χ1) is 10.1. The molecule has 1 aliphatic heterocycles. The number of benzene rings is 1. The van der Waals surface area contributed by atoms with E-state index < -0.39 is 0 Å². The highest BCUT2D eigenvalue weighted by Gasteiger charge is 2.16. The normalized spacial score (nSPS) is 18.3. The monoisotopic (exact) mass is 287 g/mol. The molecule has 1 saturated heterocycles. The number of fused-ring (bicyclic) bond motifs is 1. The first kappa shape index (κ1) is 14.1. The third-order valence-electron chi connectivity index (χ3n) is 4.08. The molecule has 21 heavy (non-hydrogen) atoms. The van der Waals surface area contributed by atoms with Crippen molar-refractivity contribution in [3.05, 3.63) is 29.6 Å². The molecule has 2 heterocycles. The topological polar surface area (TPSA) is 56.1 Å². The number of nitrogens with one attached hydrogen (secondary N) is 1. The van der Waals surface area contributed by atoms with E-state index in [1.165, 1.54) is 0 Å². The number of carbonyl (C=O) groups excluding carboxylic acids is 1. The second-order valence-electron chi connectivity index (χ2n) is 5.66. The average molecular weight is 287 g/mol. The maximum Gasteiger partial charge on any atom is 0.224 e. The van der Waals surface area contributed by atoms with Crippen LogP contribution < -0.4 is 5.32 Å². The van der Waals surface area contributed by atoms with Gasteiger partial charge in [-0.05, 0) is 37.5 Å². The number of ether oxygens (including phenoxy) is 1. The Labute approximate surface area is 124 Å². The molecule has 1 aliphatic rings. The van der Waals surface area contributed by atoms with Crippen molar-refractivity contribution in [3.8, 4) is 0 Å². The summed E-state index contributed by atoms with van der Waals surface area (Å²) in [6, 6.07) is 6.01. The quantitative estimate of drug-likeness (QED) is 0.931. The minimum atomic E-state index is 0.0394. The Balaban J connectivity index is 1.62. The van der Waals surface area contributed by atoms with Gasteiger partial charge in [0.25, 0.3) is 0 Å². The van der Waals surface area contributed by atoms with E-state index in [1.807, 2.05) is 32.2 Å². The molecule has 0 bridgehead atoms. The minimum Gasteiger partial charge on any atom is -0.376 e. The van der Waals surface area contributed by atoms with E-state index in [-0.39, 0.29) is 12.0 Å². The Morgan fingerprint density at radius 3 is 3.14 bits per heavy atom. The first-order valence-electron chi connectivity index (χ1n) is 7.44. The third-order valence-corrected chi connectivity index (χ3v) is 4.08. The molecule has 1 N–H and O–H groups in total. The van der Waals surface area contributed by atoms with Gasteiger partial charge in [-0.3, -0.25) is 4.79 Å². The largest absolute Gasteiger partial charge is 0.376 e. The molecule has 0 radical (unpaired) electrons. The highest BCUT2D eigenvalue weighted by atomic mass is 16.5. The van der Waals surface area contributed by atoms with Crippen LogP contribution >= 0.6 is 0 Å². The summed E-state index contributed by atoms with van der Waals surface area (Å²) in [4.78, 5) is 16.5. The maximum atomic E-state index is 12.0. The van der Waals surface area contributed by atoms with E-state index in [0.29, 0.717) is 13.0 Å². The second kappa shape index (κ2) is 5.85. The molecular weight excluding hydrogens is 266 g/mol. The van der Waals surface area contributed by atoms with Crippen molar-refractivity contribution in [2.24, 2.45) is 7.05 Å². The van der Waals surface area contributed by atoms with Gasteiger partial charge in [-0.1, -0.05) is 6.07 Å². The maximum absolute atomic E-state index is 12.0. The number of nitrogens with zero attached hydrogens (tertiary/aromatic N) is 2. The summed E-state index contributed by atoms with van der Waals surface area (Å²) in [7, 11) is 2.00. The molecule has 1 aromatic heterocycles. The number of aryl methyl sites for hydroxylation is 2. The standard InChI is InChI=1S/C16H21N3O2/c1-11-18-14-8-12(5-6-15(14)19(11)2)9-16(20)17-10-13-4-3-7-21-13/h5-6,8,13H,3-4,7,9-10H2,1-2H3,(H,17,20). The van der Waals surface area contributed by atoms with E-state index in [9.17, 15) is 4.79 Å².